The van der Waals surface area contributed by atoms with E-state index in [0.717, 1.165) is 11.3 Å². The van der Waals surface area contributed by atoms with Crippen LogP contribution in [-0.4, -0.2) is 20.1 Å². The maximum absolute atomic E-state index is 12.0. The van der Waals surface area contributed by atoms with Crippen LogP contribution in [0.5, 0.6) is 11.5 Å². The van der Waals surface area contributed by atoms with Crippen molar-refractivity contribution in [2.24, 2.45) is 0 Å². The van der Waals surface area contributed by atoms with E-state index in [0.29, 0.717) is 17.9 Å². The molecule has 0 spiro atoms. The zero-order valence-corrected chi connectivity index (χ0v) is 13.0. The van der Waals surface area contributed by atoms with E-state index in [-0.39, 0.29) is 11.8 Å². The molecule has 110 valence electrons. The lowest BCUT2D eigenvalue weighted by atomic mass is 9.87. The van der Waals surface area contributed by atoms with Gasteiger partial charge in [-0.1, -0.05) is 0 Å². The van der Waals surface area contributed by atoms with E-state index in [1.54, 1.807) is 25.6 Å². The molecule has 1 unspecified atom stereocenters. The summed E-state index contributed by atoms with van der Waals surface area (Å²) in [4.78, 5) is 13.3. The van der Waals surface area contributed by atoms with Gasteiger partial charge in [-0.3, -0.25) is 4.79 Å². The van der Waals surface area contributed by atoms with Crippen molar-refractivity contribution < 1.29 is 14.3 Å². The minimum Gasteiger partial charge on any atom is -0.493 e. The average Bonchev–Trinajstić information content (AvgIpc) is 2.91. The number of fused-ring (bicyclic) bond motifs is 1. The van der Waals surface area contributed by atoms with Crippen molar-refractivity contribution in [2.75, 3.05) is 19.5 Å². The van der Waals surface area contributed by atoms with Gasteiger partial charge in [0.25, 0.3) is 0 Å². The second-order valence-electron chi connectivity index (χ2n) is 5.07. The first-order chi connectivity index (χ1) is 10.1. The number of hydrogen-bond acceptors (Lipinski definition) is 4. The number of rotatable bonds is 3. The van der Waals surface area contributed by atoms with Crippen molar-refractivity contribution >= 4 is 22.9 Å². The molecule has 4 nitrogen and oxygen atoms in total. The fourth-order valence-electron chi connectivity index (χ4n) is 2.76. The summed E-state index contributed by atoms with van der Waals surface area (Å²) in [5, 5.41) is 4.99. The quantitative estimate of drug-likeness (QED) is 0.943. The highest BCUT2D eigenvalue weighted by Crippen LogP contribution is 2.44. The summed E-state index contributed by atoms with van der Waals surface area (Å²) in [6.07, 6.45) is 0.462. The van der Waals surface area contributed by atoms with Gasteiger partial charge < -0.3 is 14.8 Å². The lowest BCUT2D eigenvalue weighted by molar-refractivity contribution is -0.116. The third kappa shape index (κ3) is 2.38. The maximum atomic E-state index is 12.0. The van der Waals surface area contributed by atoms with Crippen molar-refractivity contribution in [3.05, 3.63) is 39.6 Å². The standard InChI is InChI=1S/C16H17NO3S/c1-9-4-5-21-16(9)11-7-15(18)17-12-8-14(20-3)13(19-2)6-10(11)12/h4-6,8,11H,7H2,1-3H3,(H,17,18). The Balaban J connectivity index is 2.15. The fourth-order valence-corrected chi connectivity index (χ4v) is 3.81. The zero-order chi connectivity index (χ0) is 15.0. The summed E-state index contributed by atoms with van der Waals surface area (Å²) >= 11 is 1.69. The molecule has 21 heavy (non-hydrogen) atoms. The number of anilines is 1. The molecule has 0 aliphatic carbocycles. The molecular formula is C16H17NO3S. The van der Waals surface area contributed by atoms with E-state index in [9.17, 15) is 4.79 Å². The van der Waals surface area contributed by atoms with Crippen molar-refractivity contribution in [1.29, 1.82) is 0 Å². The van der Waals surface area contributed by atoms with Crippen molar-refractivity contribution in [3.8, 4) is 11.5 Å². The first kappa shape index (κ1) is 13.9. The number of hydrogen-bond donors (Lipinski definition) is 1. The second kappa shape index (κ2) is 5.41. The first-order valence-corrected chi connectivity index (χ1v) is 7.61. The van der Waals surface area contributed by atoms with Crippen LogP contribution in [0.4, 0.5) is 5.69 Å². The number of amides is 1. The van der Waals surface area contributed by atoms with E-state index in [1.165, 1.54) is 10.4 Å². The molecule has 0 saturated carbocycles. The summed E-state index contributed by atoms with van der Waals surface area (Å²) in [6.45, 7) is 2.08. The van der Waals surface area contributed by atoms with Gasteiger partial charge in [-0.15, -0.1) is 11.3 Å². The molecule has 2 aromatic rings. The molecule has 1 atom stereocenters. The number of methoxy groups -OCH3 is 2. The molecule has 0 fully saturated rings. The molecule has 1 aliphatic heterocycles. The van der Waals surface area contributed by atoms with Crippen LogP contribution < -0.4 is 14.8 Å². The topological polar surface area (TPSA) is 47.6 Å². The molecule has 1 amide bonds. The summed E-state index contributed by atoms with van der Waals surface area (Å²) in [7, 11) is 3.22. The number of nitrogens with one attached hydrogen (secondary N) is 1. The highest BCUT2D eigenvalue weighted by atomic mass is 32.1. The van der Waals surface area contributed by atoms with Crippen LogP contribution in [0.3, 0.4) is 0 Å². The summed E-state index contributed by atoms with van der Waals surface area (Å²) in [5.41, 5.74) is 3.11. The molecule has 3 rings (SSSR count). The fraction of sp³-hybridized carbons (Fsp3) is 0.312. The molecule has 1 aliphatic rings. The van der Waals surface area contributed by atoms with Crippen molar-refractivity contribution in [1.82, 2.24) is 0 Å². The SMILES string of the molecule is COc1cc2c(cc1OC)C(c1sccc1C)CC(=O)N2. The Labute approximate surface area is 127 Å². The Hall–Kier alpha value is -2.01. The molecule has 0 radical (unpaired) electrons. The smallest absolute Gasteiger partial charge is 0.225 e. The predicted molar refractivity (Wildman–Crippen MR) is 83.7 cm³/mol. The minimum absolute atomic E-state index is 0.0347. The number of carbonyl (C=O) groups excluding carboxylic acids is 1. The Morgan fingerprint density at radius 1 is 1.24 bits per heavy atom. The molecule has 2 heterocycles. The Bertz CT molecular complexity index is 693. The largest absolute Gasteiger partial charge is 0.493 e. The Kier molecular flexibility index (Phi) is 3.59. The van der Waals surface area contributed by atoms with E-state index in [1.807, 2.05) is 12.1 Å². The molecule has 0 bridgehead atoms. The third-order valence-corrected chi connectivity index (χ3v) is 4.95. The first-order valence-electron chi connectivity index (χ1n) is 6.73. The lowest BCUT2D eigenvalue weighted by Crippen LogP contribution is -2.23. The van der Waals surface area contributed by atoms with Crippen LogP contribution in [0, 0.1) is 6.92 Å². The molecule has 1 aromatic heterocycles. The second-order valence-corrected chi connectivity index (χ2v) is 6.01. The maximum Gasteiger partial charge on any atom is 0.225 e. The third-order valence-electron chi connectivity index (χ3n) is 3.81. The van der Waals surface area contributed by atoms with E-state index < -0.39 is 0 Å². The number of benzene rings is 1. The molecule has 1 N–H and O–H groups in total. The van der Waals surface area contributed by atoms with Gasteiger partial charge in [0, 0.05) is 29.0 Å². The van der Waals surface area contributed by atoms with Gasteiger partial charge in [0.2, 0.25) is 5.91 Å². The van der Waals surface area contributed by atoms with Crippen LogP contribution in [0.25, 0.3) is 0 Å². The van der Waals surface area contributed by atoms with Gasteiger partial charge in [0.1, 0.15) is 0 Å². The van der Waals surface area contributed by atoms with Crippen LogP contribution in [0.15, 0.2) is 23.6 Å². The van der Waals surface area contributed by atoms with Crippen LogP contribution in [-0.2, 0) is 4.79 Å². The van der Waals surface area contributed by atoms with Crippen LogP contribution >= 0.6 is 11.3 Å². The van der Waals surface area contributed by atoms with Gasteiger partial charge >= 0.3 is 0 Å². The Morgan fingerprint density at radius 3 is 2.57 bits per heavy atom. The normalized spacial score (nSPS) is 17.1. The predicted octanol–water partition coefficient (Wildman–Crippen LogP) is 3.55. The van der Waals surface area contributed by atoms with Crippen LogP contribution in [0.1, 0.15) is 28.3 Å². The van der Waals surface area contributed by atoms with Crippen LogP contribution in [0.2, 0.25) is 0 Å². The minimum atomic E-state index is 0.0347. The molecule has 5 heteroatoms. The van der Waals surface area contributed by atoms with Gasteiger partial charge in [0.15, 0.2) is 11.5 Å². The summed E-state index contributed by atoms with van der Waals surface area (Å²) in [5.74, 6) is 1.42. The molecule has 1 aromatic carbocycles. The highest BCUT2D eigenvalue weighted by molar-refractivity contribution is 7.10. The van der Waals surface area contributed by atoms with E-state index >= 15 is 0 Å². The van der Waals surface area contributed by atoms with E-state index in [2.05, 4.69) is 23.7 Å². The average molecular weight is 303 g/mol. The monoisotopic (exact) mass is 303 g/mol. The zero-order valence-electron chi connectivity index (χ0n) is 12.2. The summed E-state index contributed by atoms with van der Waals surface area (Å²) in [6, 6.07) is 5.89. The lowest BCUT2D eigenvalue weighted by Gasteiger charge is -2.27. The number of thiophene rings is 1. The van der Waals surface area contributed by atoms with Crippen molar-refractivity contribution in [2.45, 2.75) is 19.3 Å². The molecular weight excluding hydrogens is 286 g/mol. The number of ether oxygens (including phenoxy) is 2. The number of aryl methyl sites for hydroxylation is 1. The van der Waals surface area contributed by atoms with Gasteiger partial charge in [-0.2, -0.15) is 0 Å². The highest BCUT2D eigenvalue weighted by Gasteiger charge is 2.29. The van der Waals surface area contributed by atoms with E-state index in [4.69, 9.17) is 9.47 Å². The summed E-state index contributed by atoms with van der Waals surface area (Å²) < 4.78 is 10.7. The van der Waals surface area contributed by atoms with Gasteiger partial charge in [-0.05, 0) is 35.6 Å². The Morgan fingerprint density at radius 2 is 1.95 bits per heavy atom. The van der Waals surface area contributed by atoms with Gasteiger partial charge in [0.05, 0.1) is 14.2 Å². The molecule has 0 saturated heterocycles. The van der Waals surface area contributed by atoms with Crippen molar-refractivity contribution in [3.63, 3.8) is 0 Å². The number of carbonyl (C=O) groups is 1. The van der Waals surface area contributed by atoms with Gasteiger partial charge in [-0.25, -0.2) is 0 Å².